The Morgan fingerprint density at radius 2 is 2.00 bits per heavy atom. The molecule has 2 aromatic heterocycles. The van der Waals surface area contributed by atoms with Crippen LogP contribution in [0.2, 0.25) is 0 Å². The van der Waals surface area contributed by atoms with Crippen LogP contribution in [0.3, 0.4) is 0 Å². The Hall–Kier alpha value is -2.56. The Morgan fingerprint density at radius 1 is 1.20 bits per heavy atom. The minimum absolute atomic E-state index is 0.221. The van der Waals surface area contributed by atoms with E-state index in [1.807, 2.05) is 54.2 Å². The fourth-order valence-electron chi connectivity index (χ4n) is 2.19. The molecule has 20 heavy (non-hydrogen) atoms. The molecule has 1 aromatic carbocycles. The number of aromatic nitrogens is 3. The summed E-state index contributed by atoms with van der Waals surface area (Å²) in [6.07, 6.45) is 5.74. The smallest absolute Gasteiger partial charge is 0.213 e. The van der Waals surface area contributed by atoms with Crippen molar-refractivity contribution in [1.29, 1.82) is 5.41 Å². The fourth-order valence-corrected chi connectivity index (χ4v) is 2.19. The van der Waals surface area contributed by atoms with E-state index in [4.69, 9.17) is 10.1 Å². The Balaban J connectivity index is 1.78. The number of ether oxygens (including phenoxy) is 1. The molecule has 0 saturated carbocycles. The van der Waals surface area contributed by atoms with Crippen LogP contribution in [0, 0.1) is 5.41 Å². The molecule has 1 N–H and O–H groups in total. The summed E-state index contributed by atoms with van der Waals surface area (Å²) in [5.41, 5.74) is 3.05. The summed E-state index contributed by atoms with van der Waals surface area (Å²) in [4.78, 5) is 0. The van der Waals surface area contributed by atoms with Crippen LogP contribution in [0.5, 0.6) is 0 Å². The molecule has 0 atom stereocenters. The van der Waals surface area contributed by atoms with Gasteiger partial charge in [-0.25, -0.2) is 4.52 Å². The molecular formula is C15H16N4O. The molecule has 0 spiro atoms. The van der Waals surface area contributed by atoms with E-state index in [2.05, 4.69) is 9.67 Å². The molecule has 0 aliphatic carbocycles. The molecule has 0 saturated heterocycles. The highest BCUT2D eigenvalue weighted by Gasteiger charge is 2.04. The van der Waals surface area contributed by atoms with Crippen LogP contribution in [-0.2, 0) is 11.3 Å². The fraction of sp³-hybridized carbons (Fsp3) is 0.200. The first kappa shape index (κ1) is 12.5. The van der Waals surface area contributed by atoms with Gasteiger partial charge in [-0.3, -0.25) is 5.41 Å². The summed E-state index contributed by atoms with van der Waals surface area (Å²) in [5, 5.41) is 11.9. The van der Waals surface area contributed by atoms with Gasteiger partial charge in [0.2, 0.25) is 5.90 Å². The molecule has 0 fully saturated rings. The van der Waals surface area contributed by atoms with Gasteiger partial charge in [0.05, 0.1) is 12.8 Å². The number of nitrogens with zero attached hydrogens (tertiary/aromatic N) is 3. The standard InChI is InChI=1S/C15H16N4O/c1-2-20-15(16)13-5-3-12(4-6-13)11-18-9-10-19-14(18)7-8-17-19/h3-10,16H,2,11H2,1H3. The number of rotatable bonds is 4. The predicted octanol–water partition coefficient (Wildman–Crippen LogP) is 2.55. The maximum absolute atomic E-state index is 7.74. The van der Waals surface area contributed by atoms with Gasteiger partial charge in [-0.2, -0.15) is 5.10 Å². The van der Waals surface area contributed by atoms with Gasteiger partial charge >= 0.3 is 0 Å². The summed E-state index contributed by atoms with van der Waals surface area (Å²) in [6, 6.07) is 9.87. The van der Waals surface area contributed by atoms with Gasteiger partial charge in [-0.15, -0.1) is 0 Å². The van der Waals surface area contributed by atoms with E-state index in [9.17, 15) is 0 Å². The summed E-state index contributed by atoms with van der Waals surface area (Å²) in [7, 11) is 0. The van der Waals surface area contributed by atoms with E-state index in [0.29, 0.717) is 6.61 Å². The lowest BCUT2D eigenvalue weighted by Crippen LogP contribution is -2.05. The molecule has 0 radical (unpaired) electrons. The minimum Gasteiger partial charge on any atom is -0.478 e. The monoisotopic (exact) mass is 268 g/mol. The number of nitrogens with one attached hydrogen (secondary N) is 1. The first-order valence-corrected chi connectivity index (χ1v) is 6.57. The minimum atomic E-state index is 0.221. The first-order chi connectivity index (χ1) is 9.78. The van der Waals surface area contributed by atoms with Crippen molar-refractivity contribution >= 4 is 11.5 Å². The van der Waals surface area contributed by atoms with E-state index in [0.717, 1.165) is 17.8 Å². The SMILES string of the molecule is CCOC(=N)c1ccc(Cn2ccn3nccc23)cc1. The van der Waals surface area contributed by atoms with Crippen molar-refractivity contribution in [3.8, 4) is 0 Å². The normalized spacial score (nSPS) is 10.8. The molecule has 0 aliphatic heterocycles. The van der Waals surface area contributed by atoms with Crippen LogP contribution in [0.15, 0.2) is 48.9 Å². The third-order valence-electron chi connectivity index (χ3n) is 3.19. The van der Waals surface area contributed by atoms with Gasteiger partial charge in [-0.1, -0.05) is 12.1 Å². The van der Waals surface area contributed by atoms with Crippen molar-refractivity contribution in [1.82, 2.24) is 14.2 Å². The van der Waals surface area contributed by atoms with Crippen LogP contribution in [-0.4, -0.2) is 26.7 Å². The molecule has 5 nitrogen and oxygen atoms in total. The molecule has 102 valence electrons. The third kappa shape index (κ3) is 2.30. The second-order valence-electron chi connectivity index (χ2n) is 4.52. The van der Waals surface area contributed by atoms with Gasteiger partial charge < -0.3 is 9.30 Å². The average molecular weight is 268 g/mol. The van der Waals surface area contributed by atoms with Crippen LogP contribution >= 0.6 is 0 Å². The van der Waals surface area contributed by atoms with Crippen molar-refractivity contribution in [2.24, 2.45) is 0 Å². The van der Waals surface area contributed by atoms with Crippen molar-refractivity contribution in [2.45, 2.75) is 13.5 Å². The number of fused-ring (bicyclic) bond motifs is 1. The van der Waals surface area contributed by atoms with Gasteiger partial charge in [0, 0.05) is 30.6 Å². The summed E-state index contributed by atoms with van der Waals surface area (Å²) in [5.74, 6) is 0.221. The lowest BCUT2D eigenvalue weighted by atomic mass is 10.1. The average Bonchev–Trinajstić information content (AvgIpc) is 3.05. The van der Waals surface area contributed by atoms with Crippen LogP contribution < -0.4 is 0 Å². The molecular weight excluding hydrogens is 252 g/mol. The van der Waals surface area contributed by atoms with Crippen molar-refractivity contribution in [3.05, 3.63) is 60.0 Å². The Morgan fingerprint density at radius 3 is 2.75 bits per heavy atom. The van der Waals surface area contributed by atoms with E-state index in [1.54, 1.807) is 6.20 Å². The van der Waals surface area contributed by atoms with Crippen molar-refractivity contribution < 1.29 is 4.74 Å². The second-order valence-corrected chi connectivity index (χ2v) is 4.52. The maximum atomic E-state index is 7.74. The summed E-state index contributed by atoms with van der Waals surface area (Å²) < 4.78 is 9.17. The molecule has 0 bridgehead atoms. The highest BCUT2D eigenvalue weighted by molar-refractivity contribution is 5.91. The molecule has 0 aliphatic rings. The van der Waals surface area contributed by atoms with Crippen molar-refractivity contribution in [3.63, 3.8) is 0 Å². The molecule has 3 aromatic rings. The predicted molar refractivity (Wildman–Crippen MR) is 77.2 cm³/mol. The largest absolute Gasteiger partial charge is 0.478 e. The molecule has 0 amide bonds. The van der Waals surface area contributed by atoms with Crippen LogP contribution in [0.25, 0.3) is 5.65 Å². The maximum Gasteiger partial charge on any atom is 0.213 e. The highest BCUT2D eigenvalue weighted by Crippen LogP contribution is 2.11. The van der Waals surface area contributed by atoms with Gasteiger partial charge in [0.15, 0.2) is 0 Å². The zero-order chi connectivity index (χ0) is 13.9. The van der Waals surface area contributed by atoms with Crippen molar-refractivity contribution in [2.75, 3.05) is 6.61 Å². The Bertz CT molecular complexity index is 724. The zero-order valence-electron chi connectivity index (χ0n) is 11.3. The summed E-state index contributed by atoms with van der Waals surface area (Å²) in [6.45, 7) is 3.18. The van der Waals surface area contributed by atoms with Gasteiger partial charge in [0.1, 0.15) is 5.65 Å². The van der Waals surface area contributed by atoms with E-state index >= 15 is 0 Å². The van der Waals surface area contributed by atoms with E-state index in [-0.39, 0.29) is 5.90 Å². The van der Waals surface area contributed by atoms with E-state index in [1.165, 1.54) is 5.56 Å². The zero-order valence-corrected chi connectivity index (χ0v) is 11.3. The second kappa shape index (κ2) is 5.21. The molecule has 2 heterocycles. The molecule has 3 rings (SSSR count). The molecule has 0 unspecified atom stereocenters. The van der Waals surface area contributed by atoms with E-state index < -0.39 is 0 Å². The van der Waals surface area contributed by atoms with Gasteiger partial charge in [0.25, 0.3) is 0 Å². The van der Waals surface area contributed by atoms with Gasteiger partial charge in [-0.05, 0) is 24.6 Å². The number of benzene rings is 1. The number of hydrogen-bond donors (Lipinski definition) is 1. The topological polar surface area (TPSA) is 55.3 Å². The summed E-state index contributed by atoms with van der Waals surface area (Å²) >= 11 is 0. The third-order valence-corrected chi connectivity index (χ3v) is 3.19. The molecule has 5 heteroatoms. The van der Waals surface area contributed by atoms with Crippen LogP contribution in [0.4, 0.5) is 0 Å². The lowest BCUT2D eigenvalue weighted by molar-refractivity contribution is 0.325. The Labute approximate surface area is 116 Å². The lowest BCUT2D eigenvalue weighted by Gasteiger charge is -2.07. The Kier molecular flexibility index (Phi) is 3.25. The first-order valence-electron chi connectivity index (χ1n) is 6.57. The highest BCUT2D eigenvalue weighted by atomic mass is 16.5. The number of imidazole rings is 1. The number of hydrogen-bond acceptors (Lipinski definition) is 3. The van der Waals surface area contributed by atoms with Crippen LogP contribution in [0.1, 0.15) is 18.1 Å². The quantitative estimate of drug-likeness (QED) is 0.584.